The van der Waals surface area contributed by atoms with E-state index < -0.39 is 0 Å². The number of carbonyl (C=O) groups excluding carboxylic acids is 2. The van der Waals surface area contributed by atoms with E-state index in [0.717, 1.165) is 30.6 Å². The topological polar surface area (TPSA) is 40.6 Å². The molecule has 0 saturated carbocycles. The highest BCUT2D eigenvalue weighted by Gasteiger charge is 2.45. The first-order chi connectivity index (χ1) is 11.7. The van der Waals surface area contributed by atoms with Crippen LogP contribution in [0.3, 0.4) is 0 Å². The zero-order valence-electron chi connectivity index (χ0n) is 13.4. The summed E-state index contributed by atoms with van der Waals surface area (Å²) in [6.45, 7) is 0.745. The van der Waals surface area contributed by atoms with Crippen LogP contribution < -0.4 is 4.90 Å². The molecule has 1 aromatic heterocycles. The number of likely N-dealkylation sites (tertiary alicyclic amines) is 1. The summed E-state index contributed by atoms with van der Waals surface area (Å²) >= 11 is 1.62. The summed E-state index contributed by atoms with van der Waals surface area (Å²) in [4.78, 5) is 29.1. The maximum atomic E-state index is 12.7. The van der Waals surface area contributed by atoms with Gasteiger partial charge in [0.1, 0.15) is 0 Å². The van der Waals surface area contributed by atoms with E-state index in [0.29, 0.717) is 12.8 Å². The summed E-state index contributed by atoms with van der Waals surface area (Å²) < 4.78 is 0. The molecule has 0 N–H and O–H groups in total. The second-order valence-electron chi connectivity index (χ2n) is 6.46. The van der Waals surface area contributed by atoms with Crippen LogP contribution >= 0.6 is 11.3 Å². The van der Waals surface area contributed by atoms with Crippen molar-refractivity contribution < 1.29 is 9.59 Å². The Labute approximate surface area is 145 Å². The van der Waals surface area contributed by atoms with Gasteiger partial charge in [0.2, 0.25) is 11.8 Å². The van der Waals surface area contributed by atoms with Gasteiger partial charge >= 0.3 is 0 Å². The van der Waals surface area contributed by atoms with Crippen molar-refractivity contribution in [1.29, 1.82) is 0 Å². The van der Waals surface area contributed by atoms with Crippen molar-refractivity contribution >= 4 is 28.8 Å². The first-order valence-corrected chi connectivity index (χ1v) is 9.36. The average molecular weight is 340 g/mol. The molecule has 124 valence electrons. The van der Waals surface area contributed by atoms with E-state index in [1.165, 1.54) is 0 Å². The third kappa shape index (κ3) is 2.73. The minimum Gasteiger partial charge on any atom is -0.337 e. The monoisotopic (exact) mass is 340 g/mol. The fourth-order valence-electron chi connectivity index (χ4n) is 3.97. The predicted molar refractivity (Wildman–Crippen MR) is 95.1 cm³/mol. The van der Waals surface area contributed by atoms with Crippen LogP contribution in [0.15, 0.2) is 47.2 Å². The molecule has 5 heteroatoms. The molecule has 4 nitrogen and oxygen atoms in total. The number of fused-ring (bicyclic) bond motifs is 1. The lowest BCUT2D eigenvalue weighted by Crippen LogP contribution is -2.53. The Bertz CT molecular complexity index is 729. The van der Waals surface area contributed by atoms with Crippen LogP contribution in [0.5, 0.6) is 0 Å². The van der Waals surface area contributed by atoms with Crippen molar-refractivity contribution in [1.82, 2.24) is 4.90 Å². The van der Waals surface area contributed by atoms with Crippen LogP contribution in [-0.4, -0.2) is 35.3 Å². The van der Waals surface area contributed by atoms with E-state index in [1.807, 2.05) is 57.0 Å². The Morgan fingerprint density at radius 1 is 1.12 bits per heavy atom. The van der Waals surface area contributed by atoms with Gasteiger partial charge in [0.25, 0.3) is 0 Å². The fraction of sp³-hybridized carbons (Fsp3) is 0.368. The number of piperidine rings is 1. The normalized spacial score (nSPS) is 23.4. The van der Waals surface area contributed by atoms with Gasteiger partial charge in [-0.15, -0.1) is 0 Å². The van der Waals surface area contributed by atoms with Gasteiger partial charge in [0.05, 0.1) is 18.5 Å². The first kappa shape index (κ1) is 15.4. The lowest BCUT2D eigenvalue weighted by molar-refractivity contribution is -0.133. The third-order valence-corrected chi connectivity index (χ3v) is 5.79. The standard InChI is InChI=1S/C19H20N2O2S/c22-18-7-6-16-17(21(18)15-4-2-1-3-5-15)8-10-20(16)19(23)12-14-9-11-24-13-14/h1-5,9,11,13,16-17H,6-8,10,12H2/t16-,17-/m1/s1. The van der Waals surface area contributed by atoms with Gasteiger partial charge in [-0.25, -0.2) is 0 Å². The van der Waals surface area contributed by atoms with E-state index in [-0.39, 0.29) is 23.9 Å². The van der Waals surface area contributed by atoms with E-state index in [2.05, 4.69) is 0 Å². The van der Waals surface area contributed by atoms with E-state index in [4.69, 9.17) is 0 Å². The summed E-state index contributed by atoms with van der Waals surface area (Å²) in [6, 6.07) is 12.1. The highest BCUT2D eigenvalue weighted by molar-refractivity contribution is 7.08. The summed E-state index contributed by atoms with van der Waals surface area (Å²) in [5, 5.41) is 4.04. The molecule has 2 aromatic rings. The lowest BCUT2D eigenvalue weighted by atomic mass is 9.95. The smallest absolute Gasteiger partial charge is 0.227 e. The summed E-state index contributed by atoms with van der Waals surface area (Å²) in [6.07, 6.45) is 2.62. The maximum absolute atomic E-state index is 12.7. The number of rotatable bonds is 3. The zero-order chi connectivity index (χ0) is 16.5. The van der Waals surface area contributed by atoms with Crippen LogP contribution in [0.25, 0.3) is 0 Å². The Morgan fingerprint density at radius 3 is 2.71 bits per heavy atom. The number of thiophene rings is 1. The molecule has 0 bridgehead atoms. The summed E-state index contributed by atoms with van der Waals surface area (Å²) in [7, 11) is 0. The van der Waals surface area contributed by atoms with Crippen LogP contribution in [0.1, 0.15) is 24.8 Å². The minimum absolute atomic E-state index is 0.111. The van der Waals surface area contributed by atoms with Crippen molar-refractivity contribution in [3.8, 4) is 0 Å². The van der Waals surface area contributed by atoms with Gasteiger partial charge in [-0.2, -0.15) is 11.3 Å². The van der Waals surface area contributed by atoms with Crippen LogP contribution in [0.4, 0.5) is 5.69 Å². The molecule has 2 atom stereocenters. The van der Waals surface area contributed by atoms with Crippen molar-refractivity contribution in [3.63, 3.8) is 0 Å². The van der Waals surface area contributed by atoms with Crippen molar-refractivity contribution in [2.75, 3.05) is 11.4 Å². The predicted octanol–water partition coefficient (Wildman–Crippen LogP) is 3.09. The number of para-hydroxylation sites is 1. The molecular formula is C19H20N2O2S. The molecule has 2 aliphatic heterocycles. The van der Waals surface area contributed by atoms with Gasteiger partial charge in [-0.3, -0.25) is 9.59 Å². The molecule has 0 aliphatic carbocycles. The maximum Gasteiger partial charge on any atom is 0.227 e. The molecule has 24 heavy (non-hydrogen) atoms. The summed E-state index contributed by atoms with van der Waals surface area (Å²) in [5.41, 5.74) is 2.03. The highest BCUT2D eigenvalue weighted by atomic mass is 32.1. The molecule has 0 spiro atoms. The van der Waals surface area contributed by atoms with E-state index in [9.17, 15) is 9.59 Å². The molecule has 2 amide bonds. The fourth-order valence-corrected chi connectivity index (χ4v) is 4.64. The Hall–Kier alpha value is -2.14. The van der Waals surface area contributed by atoms with Gasteiger partial charge < -0.3 is 9.80 Å². The van der Waals surface area contributed by atoms with E-state index in [1.54, 1.807) is 11.3 Å². The summed E-state index contributed by atoms with van der Waals surface area (Å²) in [5.74, 6) is 0.359. The van der Waals surface area contributed by atoms with Gasteiger partial charge in [0.15, 0.2) is 0 Å². The highest BCUT2D eigenvalue weighted by Crippen LogP contribution is 2.35. The zero-order valence-corrected chi connectivity index (χ0v) is 14.2. The van der Waals surface area contributed by atoms with Gasteiger partial charge in [-0.1, -0.05) is 18.2 Å². The van der Waals surface area contributed by atoms with Crippen LogP contribution in [0, 0.1) is 0 Å². The van der Waals surface area contributed by atoms with Crippen molar-refractivity contribution in [2.45, 2.75) is 37.8 Å². The lowest BCUT2D eigenvalue weighted by Gasteiger charge is -2.39. The number of amides is 2. The van der Waals surface area contributed by atoms with Gasteiger partial charge in [-0.05, 0) is 47.4 Å². The second kappa shape index (κ2) is 6.40. The van der Waals surface area contributed by atoms with Crippen molar-refractivity contribution in [3.05, 3.63) is 52.7 Å². The van der Waals surface area contributed by atoms with Crippen LogP contribution in [0.2, 0.25) is 0 Å². The molecule has 2 saturated heterocycles. The SMILES string of the molecule is O=C(Cc1ccsc1)N1CC[C@@H]2[C@H]1CCC(=O)N2c1ccccc1. The number of carbonyl (C=O) groups is 2. The largest absolute Gasteiger partial charge is 0.337 e. The molecule has 4 rings (SSSR count). The number of hydrogen-bond donors (Lipinski definition) is 0. The quantitative estimate of drug-likeness (QED) is 0.861. The Balaban J connectivity index is 1.54. The molecule has 3 heterocycles. The minimum atomic E-state index is 0.111. The number of anilines is 1. The van der Waals surface area contributed by atoms with E-state index >= 15 is 0 Å². The first-order valence-electron chi connectivity index (χ1n) is 8.41. The van der Waals surface area contributed by atoms with Crippen LogP contribution in [-0.2, 0) is 16.0 Å². The molecule has 2 aliphatic rings. The number of nitrogens with zero attached hydrogens (tertiary/aromatic N) is 2. The molecule has 0 radical (unpaired) electrons. The third-order valence-electron chi connectivity index (χ3n) is 5.05. The molecule has 0 unspecified atom stereocenters. The second-order valence-corrected chi connectivity index (χ2v) is 7.24. The molecular weight excluding hydrogens is 320 g/mol. The van der Waals surface area contributed by atoms with Gasteiger partial charge in [0, 0.05) is 18.7 Å². The van der Waals surface area contributed by atoms with Crippen molar-refractivity contribution in [2.24, 2.45) is 0 Å². The number of hydrogen-bond acceptors (Lipinski definition) is 3. The molecule has 2 fully saturated rings. The molecule has 1 aromatic carbocycles. The Morgan fingerprint density at radius 2 is 1.96 bits per heavy atom. The Kier molecular flexibility index (Phi) is 4.10. The average Bonchev–Trinajstić information content (AvgIpc) is 3.25. The number of benzene rings is 1.